The van der Waals surface area contributed by atoms with Gasteiger partial charge in [-0.1, -0.05) is 41.5 Å². The number of rotatable bonds is 9. The Morgan fingerprint density at radius 2 is 1.33 bits per heavy atom. The molecule has 0 unspecified atom stereocenters. The van der Waals surface area contributed by atoms with Gasteiger partial charge >= 0.3 is 18.2 Å². The summed E-state index contributed by atoms with van der Waals surface area (Å²) in [6.07, 6.45) is -9.28. The molecule has 27 heavy (non-hydrogen) atoms. The molecule has 0 saturated carbocycles. The fraction of sp³-hybridized carbons (Fsp3) is 0.882. The van der Waals surface area contributed by atoms with Gasteiger partial charge in [0.25, 0.3) is 0 Å². The van der Waals surface area contributed by atoms with Gasteiger partial charge in [-0.2, -0.15) is 13.2 Å². The summed E-state index contributed by atoms with van der Waals surface area (Å²) in [5.74, 6) is -1.78. The summed E-state index contributed by atoms with van der Waals surface area (Å²) in [5, 5.41) is 11.2. The number of carbonyl (C=O) groups excluding carboxylic acids is 1. The normalized spacial score (nSPS) is 15.4. The van der Waals surface area contributed by atoms with Crippen LogP contribution in [0.1, 0.15) is 55.4 Å². The number of amides is 1. The van der Waals surface area contributed by atoms with Crippen molar-refractivity contribution in [1.82, 2.24) is 5.32 Å². The Bertz CT molecular complexity index is 488. The second-order valence-corrected chi connectivity index (χ2v) is 13.2. The topological polar surface area (TPSA) is 84.9 Å². The van der Waals surface area contributed by atoms with Gasteiger partial charge in [0.1, 0.15) is 0 Å². The molecule has 0 aliphatic carbocycles. The van der Waals surface area contributed by atoms with E-state index in [0.717, 1.165) is 0 Å². The zero-order valence-electron chi connectivity index (χ0n) is 17.2. The third kappa shape index (κ3) is 6.67. The minimum atomic E-state index is -5.02. The highest BCUT2D eigenvalue weighted by molar-refractivity contribution is 6.77. The molecule has 0 heterocycles. The van der Waals surface area contributed by atoms with Gasteiger partial charge in [-0.05, 0) is 30.5 Å². The Morgan fingerprint density at radius 3 is 1.59 bits per heavy atom. The molecule has 10 heteroatoms. The van der Waals surface area contributed by atoms with Gasteiger partial charge in [-0.15, -0.1) is 0 Å². The molecule has 0 aliphatic rings. The monoisotopic (exact) mass is 415 g/mol. The smallest absolute Gasteiger partial charge is 0.411 e. The second-order valence-electron chi connectivity index (χ2n) is 7.81. The van der Waals surface area contributed by atoms with Crippen LogP contribution in [0.3, 0.4) is 0 Å². The maximum atomic E-state index is 13.6. The lowest BCUT2D eigenvalue weighted by Gasteiger charge is -2.45. The van der Waals surface area contributed by atoms with E-state index in [1.165, 1.54) is 13.8 Å². The van der Waals surface area contributed by atoms with Crippen LogP contribution in [-0.2, 0) is 14.0 Å². The molecule has 0 aliphatic heterocycles. The van der Waals surface area contributed by atoms with Gasteiger partial charge in [0, 0.05) is 0 Å². The van der Waals surface area contributed by atoms with Crippen molar-refractivity contribution < 1.29 is 37.0 Å². The standard InChI is InChI=1S/C17H32F3NO5Si/c1-9(2)25-16(24)21-14(17(18,19)20)13(15(22)23)26-27(10(3)4,11(5)6)12(7)8/h9-14H,1-8H3,(H,21,24)(H,22,23)/t13-,14-/m1/s1. The number of alkyl halides is 3. The SMILES string of the molecule is CC(C)OC(=O)N[C@H]([C@@H](O[Si](C(C)C)(C(C)C)C(C)C)C(=O)O)C(F)(F)F. The van der Waals surface area contributed by atoms with E-state index in [1.807, 2.05) is 41.5 Å². The number of ether oxygens (including phenoxy) is 1. The van der Waals surface area contributed by atoms with Crippen molar-refractivity contribution >= 4 is 20.4 Å². The van der Waals surface area contributed by atoms with Crippen molar-refractivity contribution in [2.45, 2.75) is 96.4 Å². The predicted molar refractivity (Wildman–Crippen MR) is 98.2 cm³/mol. The second kappa shape index (κ2) is 9.77. The fourth-order valence-electron chi connectivity index (χ4n) is 3.59. The molecule has 160 valence electrons. The molecule has 0 aromatic heterocycles. The van der Waals surface area contributed by atoms with Crippen LogP contribution in [0.25, 0.3) is 0 Å². The van der Waals surface area contributed by atoms with Gasteiger partial charge in [0.15, 0.2) is 12.1 Å². The van der Waals surface area contributed by atoms with Crippen LogP contribution < -0.4 is 5.32 Å². The highest BCUT2D eigenvalue weighted by Crippen LogP contribution is 2.44. The first-order valence-corrected chi connectivity index (χ1v) is 11.2. The number of aliphatic carboxylic acids is 1. The minimum Gasteiger partial charge on any atom is -0.479 e. The molecule has 0 spiro atoms. The summed E-state index contributed by atoms with van der Waals surface area (Å²) in [4.78, 5) is 23.5. The third-order valence-electron chi connectivity index (χ3n) is 4.55. The molecule has 0 rings (SSSR count). The summed E-state index contributed by atoms with van der Waals surface area (Å²) in [6, 6.07) is -2.72. The van der Waals surface area contributed by atoms with E-state index < -0.39 is 44.8 Å². The van der Waals surface area contributed by atoms with Crippen LogP contribution in [-0.4, -0.2) is 49.9 Å². The molecule has 0 bridgehead atoms. The lowest BCUT2D eigenvalue weighted by Crippen LogP contribution is -2.61. The van der Waals surface area contributed by atoms with Crippen LogP contribution >= 0.6 is 0 Å². The zero-order valence-corrected chi connectivity index (χ0v) is 18.2. The highest BCUT2D eigenvalue weighted by Gasteiger charge is 2.55. The van der Waals surface area contributed by atoms with E-state index in [4.69, 9.17) is 9.16 Å². The molecular formula is C17H32F3NO5Si. The van der Waals surface area contributed by atoms with Crippen molar-refractivity contribution in [1.29, 1.82) is 0 Å². The van der Waals surface area contributed by atoms with Crippen LogP contribution in [0.15, 0.2) is 0 Å². The van der Waals surface area contributed by atoms with E-state index in [2.05, 4.69) is 0 Å². The van der Waals surface area contributed by atoms with Gasteiger partial charge in [-0.3, -0.25) is 0 Å². The Balaban J connectivity index is 6.05. The molecule has 0 aromatic carbocycles. The molecular weight excluding hydrogens is 383 g/mol. The maximum absolute atomic E-state index is 13.6. The largest absolute Gasteiger partial charge is 0.479 e. The average Bonchev–Trinajstić information content (AvgIpc) is 2.42. The Morgan fingerprint density at radius 1 is 0.926 bits per heavy atom. The van der Waals surface area contributed by atoms with Crippen LogP contribution in [0, 0.1) is 0 Å². The molecule has 0 aromatic rings. The molecule has 1 amide bonds. The average molecular weight is 416 g/mol. The van der Waals surface area contributed by atoms with Crippen molar-refractivity contribution in [3.05, 3.63) is 0 Å². The van der Waals surface area contributed by atoms with Crippen LogP contribution in [0.4, 0.5) is 18.0 Å². The molecule has 6 nitrogen and oxygen atoms in total. The maximum Gasteiger partial charge on any atom is 0.411 e. The fourth-order valence-corrected chi connectivity index (χ4v) is 9.09. The molecule has 0 saturated heterocycles. The van der Waals surface area contributed by atoms with E-state index >= 15 is 0 Å². The van der Waals surface area contributed by atoms with Crippen molar-refractivity contribution in [2.24, 2.45) is 0 Å². The molecule has 2 N–H and O–H groups in total. The Hall–Kier alpha value is -1.29. The summed E-state index contributed by atoms with van der Waals surface area (Å²) in [5.41, 5.74) is -0.387. The number of hydrogen-bond acceptors (Lipinski definition) is 4. The van der Waals surface area contributed by atoms with Gasteiger partial charge in [0.2, 0.25) is 8.32 Å². The number of nitrogens with one attached hydrogen (secondary N) is 1. The first-order valence-electron chi connectivity index (χ1n) is 9.01. The summed E-state index contributed by atoms with van der Waals surface area (Å²) in [7, 11) is -2.95. The lowest BCUT2D eigenvalue weighted by atomic mass is 10.1. The quantitative estimate of drug-likeness (QED) is 0.533. The molecule has 0 radical (unpaired) electrons. The number of carboxylic acid groups (broad SMARTS) is 1. The number of halogens is 3. The van der Waals surface area contributed by atoms with E-state index in [-0.39, 0.29) is 16.6 Å². The summed E-state index contributed by atoms with van der Waals surface area (Å²) >= 11 is 0. The Kier molecular flexibility index (Phi) is 9.30. The van der Waals surface area contributed by atoms with E-state index in [9.17, 15) is 27.9 Å². The lowest BCUT2D eigenvalue weighted by molar-refractivity contribution is -0.186. The van der Waals surface area contributed by atoms with Crippen molar-refractivity contribution in [2.75, 3.05) is 0 Å². The highest BCUT2D eigenvalue weighted by atomic mass is 28.4. The van der Waals surface area contributed by atoms with E-state index in [1.54, 1.807) is 5.32 Å². The zero-order chi connectivity index (χ0) is 21.7. The third-order valence-corrected chi connectivity index (χ3v) is 10.6. The molecule has 0 fully saturated rings. The number of carbonyl (C=O) groups is 2. The molecule has 2 atom stereocenters. The first kappa shape index (κ1) is 25.7. The van der Waals surface area contributed by atoms with Crippen molar-refractivity contribution in [3.63, 3.8) is 0 Å². The van der Waals surface area contributed by atoms with Crippen molar-refractivity contribution in [3.8, 4) is 0 Å². The van der Waals surface area contributed by atoms with Gasteiger partial charge < -0.3 is 19.6 Å². The summed E-state index contributed by atoms with van der Waals surface area (Å²) < 4.78 is 51.3. The number of hydrogen-bond donors (Lipinski definition) is 2. The summed E-state index contributed by atoms with van der Waals surface area (Å²) in [6.45, 7) is 13.9. The van der Waals surface area contributed by atoms with Gasteiger partial charge in [0.05, 0.1) is 6.10 Å². The number of alkyl carbamates (subject to hydrolysis) is 1. The number of carboxylic acids is 1. The van der Waals surface area contributed by atoms with Gasteiger partial charge in [-0.25, -0.2) is 9.59 Å². The Labute approximate surface area is 159 Å². The van der Waals surface area contributed by atoms with E-state index in [0.29, 0.717) is 0 Å². The van der Waals surface area contributed by atoms with Crippen LogP contribution in [0.2, 0.25) is 16.6 Å². The van der Waals surface area contributed by atoms with Crippen LogP contribution in [0.5, 0.6) is 0 Å². The minimum absolute atomic E-state index is 0.129. The predicted octanol–water partition coefficient (Wildman–Crippen LogP) is 4.70. The first-order chi connectivity index (χ1) is 12.1.